The zero-order valence-electron chi connectivity index (χ0n) is 22.7. The maximum absolute atomic E-state index is 14.2. The van der Waals surface area contributed by atoms with Gasteiger partial charge in [0, 0.05) is 43.8 Å². The second kappa shape index (κ2) is 10.3. The maximum Gasteiger partial charge on any atom is 0.331 e. The third kappa shape index (κ3) is 4.54. The number of rotatable bonds is 6. The van der Waals surface area contributed by atoms with E-state index in [0.717, 1.165) is 41.2 Å². The Morgan fingerprint density at radius 2 is 1.95 bits per heavy atom. The molecule has 40 heavy (non-hydrogen) atoms. The molecule has 206 valence electrons. The Kier molecular flexibility index (Phi) is 6.64. The molecule has 2 aliphatic rings. The molecule has 3 N–H and O–H groups in total. The molecule has 11 nitrogen and oxygen atoms in total. The minimum absolute atomic E-state index is 0.0673. The fraction of sp³-hybridized carbons (Fsp3) is 0.414. The molecule has 4 heterocycles. The summed E-state index contributed by atoms with van der Waals surface area (Å²) >= 11 is 0. The number of anilines is 1. The van der Waals surface area contributed by atoms with Crippen LogP contribution in [0.15, 0.2) is 40.1 Å². The van der Waals surface area contributed by atoms with Gasteiger partial charge in [-0.15, -0.1) is 5.92 Å². The van der Waals surface area contributed by atoms with Gasteiger partial charge in [0.1, 0.15) is 22.7 Å². The fourth-order valence-electron chi connectivity index (χ4n) is 5.53. The number of aromatic nitrogens is 5. The number of piperidine rings is 1. The van der Waals surface area contributed by atoms with Gasteiger partial charge in [0.2, 0.25) is 0 Å². The van der Waals surface area contributed by atoms with Crippen LogP contribution in [0.1, 0.15) is 48.8 Å². The first-order chi connectivity index (χ1) is 19.4. The Labute approximate surface area is 230 Å². The highest BCUT2D eigenvalue weighted by Crippen LogP contribution is 2.33. The second-order valence-corrected chi connectivity index (χ2v) is 10.6. The van der Waals surface area contributed by atoms with E-state index < -0.39 is 11.2 Å². The van der Waals surface area contributed by atoms with E-state index in [0.29, 0.717) is 35.8 Å². The number of fused-ring (bicyclic) bond motifs is 2. The van der Waals surface area contributed by atoms with Crippen LogP contribution in [0.5, 0.6) is 0 Å². The molecule has 0 unspecified atom stereocenters. The Morgan fingerprint density at radius 1 is 1.15 bits per heavy atom. The number of carbonyl (C=O) groups excluding carboxylic acids is 1. The van der Waals surface area contributed by atoms with Crippen molar-refractivity contribution in [3.05, 3.63) is 62.7 Å². The first-order valence-electron chi connectivity index (χ1n) is 13.6. The number of para-hydroxylation sites is 1. The van der Waals surface area contributed by atoms with E-state index in [1.807, 2.05) is 24.3 Å². The predicted molar refractivity (Wildman–Crippen MR) is 153 cm³/mol. The molecule has 1 atom stereocenters. The number of aryl methyl sites for hydroxylation is 1. The lowest BCUT2D eigenvalue weighted by molar-refractivity contribution is 0.0952. The lowest BCUT2D eigenvalue weighted by Crippen LogP contribution is -2.44. The molecule has 4 aromatic rings. The van der Waals surface area contributed by atoms with Crippen molar-refractivity contribution < 1.29 is 4.79 Å². The number of nitrogens with two attached hydrogens (primary N) is 1. The summed E-state index contributed by atoms with van der Waals surface area (Å²) in [6, 6.07) is 7.57. The Hall–Kier alpha value is -4.43. The van der Waals surface area contributed by atoms with Gasteiger partial charge in [0.05, 0.1) is 24.1 Å². The monoisotopic (exact) mass is 540 g/mol. The van der Waals surface area contributed by atoms with Crippen molar-refractivity contribution in [1.29, 1.82) is 0 Å². The highest BCUT2D eigenvalue weighted by molar-refractivity contribution is 6.11. The zero-order valence-corrected chi connectivity index (χ0v) is 22.7. The Morgan fingerprint density at radius 3 is 2.70 bits per heavy atom. The maximum atomic E-state index is 14.2. The van der Waals surface area contributed by atoms with E-state index in [1.54, 1.807) is 24.7 Å². The van der Waals surface area contributed by atoms with E-state index in [-0.39, 0.29) is 36.6 Å². The van der Waals surface area contributed by atoms with Crippen molar-refractivity contribution in [2.75, 3.05) is 18.0 Å². The smallest absolute Gasteiger partial charge is 0.331 e. The molecular weight excluding hydrogens is 508 g/mol. The average Bonchev–Trinajstić information content (AvgIpc) is 3.70. The van der Waals surface area contributed by atoms with Crippen LogP contribution in [0.4, 0.5) is 5.82 Å². The molecule has 1 amide bonds. The van der Waals surface area contributed by atoms with Crippen LogP contribution in [0.2, 0.25) is 0 Å². The third-order valence-corrected chi connectivity index (χ3v) is 7.66. The summed E-state index contributed by atoms with van der Waals surface area (Å²) in [5.74, 6) is 6.60. The van der Waals surface area contributed by atoms with Crippen LogP contribution >= 0.6 is 0 Å². The van der Waals surface area contributed by atoms with Crippen LogP contribution in [0.25, 0.3) is 21.9 Å². The van der Waals surface area contributed by atoms with Crippen LogP contribution in [-0.4, -0.2) is 54.7 Å². The first-order valence-corrected chi connectivity index (χ1v) is 13.6. The van der Waals surface area contributed by atoms with Crippen molar-refractivity contribution in [2.45, 2.75) is 57.8 Å². The molecule has 1 saturated heterocycles. The normalized spacial score (nSPS) is 17.2. The summed E-state index contributed by atoms with van der Waals surface area (Å²) in [5, 5.41) is 3.94. The van der Waals surface area contributed by atoms with E-state index >= 15 is 0 Å². The number of amides is 1. The molecule has 1 saturated carbocycles. The summed E-state index contributed by atoms with van der Waals surface area (Å²) in [7, 11) is 1.59. The number of benzene rings is 1. The lowest BCUT2D eigenvalue weighted by Gasteiger charge is -2.33. The zero-order chi connectivity index (χ0) is 28.0. The summed E-state index contributed by atoms with van der Waals surface area (Å²) in [4.78, 5) is 52.7. The molecule has 1 aromatic carbocycles. The van der Waals surface area contributed by atoms with Gasteiger partial charge < -0.3 is 20.5 Å². The quantitative estimate of drug-likeness (QED) is 0.353. The number of hydrogen-bond donors (Lipinski definition) is 2. The van der Waals surface area contributed by atoms with Gasteiger partial charge in [-0.1, -0.05) is 24.1 Å². The topological polar surface area (TPSA) is 133 Å². The lowest BCUT2D eigenvalue weighted by atomic mass is 10.1. The van der Waals surface area contributed by atoms with Gasteiger partial charge in [0.15, 0.2) is 0 Å². The molecule has 0 bridgehead atoms. The number of hydrogen-bond acceptors (Lipinski definition) is 7. The summed E-state index contributed by atoms with van der Waals surface area (Å²) in [6.07, 6.45) is 5.24. The highest BCUT2D eigenvalue weighted by atomic mass is 16.2. The molecule has 6 rings (SSSR count). The van der Waals surface area contributed by atoms with Gasteiger partial charge in [-0.25, -0.2) is 14.8 Å². The SMILES string of the molecule is CC#CCn1c(N2CCC[C@@H](N)C2)c(C(=O)NC2CC2)c2c1c(=O)n(Cc1ncc3ccccc3n1)c(=O)n2C. The average molecular weight is 541 g/mol. The first kappa shape index (κ1) is 25.8. The third-order valence-electron chi connectivity index (χ3n) is 7.66. The van der Waals surface area contributed by atoms with Crippen molar-refractivity contribution in [2.24, 2.45) is 12.8 Å². The Bertz CT molecular complexity index is 1820. The Balaban J connectivity index is 1.60. The standard InChI is InChI=1S/C29H32N8O3/c1-3-4-14-36-25-24(23(26(38)32-20-11-12-20)27(36)35-13-7-9-19(30)16-35)34(2)29(40)37(28(25)39)17-22-31-15-18-8-5-6-10-21(18)33-22/h5-6,8,10,15,19-20H,7,9,11-14,16-17,30H2,1-2H3,(H,32,38)/t19-/m1/s1. The highest BCUT2D eigenvalue weighted by Gasteiger charge is 2.34. The van der Waals surface area contributed by atoms with Gasteiger partial charge in [-0.2, -0.15) is 0 Å². The van der Waals surface area contributed by atoms with Crippen LogP contribution in [0, 0.1) is 11.8 Å². The van der Waals surface area contributed by atoms with Gasteiger partial charge in [-0.3, -0.25) is 18.7 Å². The van der Waals surface area contributed by atoms with Crippen molar-refractivity contribution >= 4 is 33.7 Å². The summed E-state index contributed by atoms with van der Waals surface area (Å²) < 4.78 is 4.31. The van der Waals surface area contributed by atoms with Gasteiger partial charge >= 0.3 is 5.69 Å². The molecule has 11 heteroatoms. The van der Waals surface area contributed by atoms with E-state index in [4.69, 9.17) is 5.73 Å². The van der Waals surface area contributed by atoms with Gasteiger partial charge in [0.25, 0.3) is 11.5 Å². The molecule has 1 aliphatic carbocycles. The number of nitrogens with one attached hydrogen (secondary N) is 1. The number of nitrogens with zero attached hydrogens (tertiary/aromatic N) is 6. The predicted octanol–water partition coefficient (Wildman–Crippen LogP) is 1.34. The van der Waals surface area contributed by atoms with E-state index in [1.165, 1.54) is 4.57 Å². The van der Waals surface area contributed by atoms with Crippen LogP contribution in [0.3, 0.4) is 0 Å². The summed E-state index contributed by atoms with van der Waals surface area (Å²) in [6.45, 7) is 3.02. The minimum atomic E-state index is -0.546. The molecule has 0 radical (unpaired) electrons. The van der Waals surface area contributed by atoms with Crippen LogP contribution in [-0.2, 0) is 20.1 Å². The number of carbonyl (C=O) groups is 1. The van der Waals surface area contributed by atoms with E-state index in [2.05, 4.69) is 32.0 Å². The van der Waals surface area contributed by atoms with Crippen LogP contribution < -0.4 is 27.2 Å². The molecule has 2 fully saturated rings. The second-order valence-electron chi connectivity index (χ2n) is 10.6. The molecular formula is C29H32N8O3. The summed E-state index contributed by atoms with van der Waals surface area (Å²) in [5.41, 5.74) is 6.88. The molecule has 0 spiro atoms. The van der Waals surface area contributed by atoms with Crippen molar-refractivity contribution in [3.63, 3.8) is 0 Å². The fourth-order valence-corrected chi connectivity index (χ4v) is 5.53. The van der Waals surface area contributed by atoms with Crippen molar-refractivity contribution in [1.82, 2.24) is 29.0 Å². The van der Waals surface area contributed by atoms with E-state index in [9.17, 15) is 14.4 Å². The van der Waals surface area contributed by atoms with Gasteiger partial charge in [-0.05, 0) is 38.7 Å². The largest absolute Gasteiger partial charge is 0.356 e. The minimum Gasteiger partial charge on any atom is -0.356 e. The molecule has 3 aromatic heterocycles. The molecule has 1 aliphatic heterocycles. The van der Waals surface area contributed by atoms with Crippen molar-refractivity contribution in [3.8, 4) is 11.8 Å².